The van der Waals surface area contributed by atoms with E-state index in [0.29, 0.717) is 27.1 Å². The Hall–Kier alpha value is -2.23. The normalized spacial score (nSPS) is 13.2. The van der Waals surface area contributed by atoms with Crippen LogP contribution >= 0.6 is 27.7 Å². The Morgan fingerprint density at radius 3 is 2.73 bits per heavy atom. The molecule has 9 heteroatoms. The average Bonchev–Trinajstić information content (AvgIpc) is 2.70. The SMILES string of the molecule is COC[C@@H](C)n1c(S[C@H](C)C(=O)Nc2ccc(Br)cc2F)nc2ccccc2c1=O. The van der Waals surface area contributed by atoms with Crippen molar-refractivity contribution in [2.75, 3.05) is 19.0 Å². The molecule has 0 aliphatic rings. The van der Waals surface area contributed by atoms with Crippen molar-refractivity contribution in [3.8, 4) is 0 Å². The van der Waals surface area contributed by atoms with Gasteiger partial charge in [-0.15, -0.1) is 0 Å². The monoisotopic (exact) mass is 493 g/mol. The lowest BCUT2D eigenvalue weighted by molar-refractivity contribution is -0.115. The maximum absolute atomic E-state index is 14.1. The van der Waals surface area contributed by atoms with Gasteiger partial charge in [-0.05, 0) is 44.2 Å². The summed E-state index contributed by atoms with van der Waals surface area (Å²) in [6, 6.07) is 11.2. The highest BCUT2D eigenvalue weighted by Gasteiger charge is 2.22. The minimum Gasteiger partial charge on any atom is -0.383 e. The number of fused-ring (bicyclic) bond motifs is 1. The first kappa shape index (κ1) is 22.5. The number of anilines is 1. The summed E-state index contributed by atoms with van der Waals surface area (Å²) in [6.45, 7) is 3.86. The van der Waals surface area contributed by atoms with Crippen LogP contribution in [-0.4, -0.2) is 34.4 Å². The molecule has 0 saturated heterocycles. The van der Waals surface area contributed by atoms with Crippen molar-refractivity contribution in [2.45, 2.75) is 30.3 Å². The second-order valence-corrected chi connectivity index (χ2v) is 8.99. The summed E-state index contributed by atoms with van der Waals surface area (Å²) >= 11 is 4.33. The van der Waals surface area contributed by atoms with Crippen LogP contribution in [0.2, 0.25) is 0 Å². The van der Waals surface area contributed by atoms with Crippen LogP contribution in [0.5, 0.6) is 0 Å². The van der Waals surface area contributed by atoms with Crippen molar-refractivity contribution in [3.05, 3.63) is 63.1 Å². The van der Waals surface area contributed by atoms with Gasteiger partial charge in [0.15, 0.2) is 5.16 Å². The van der Waals surface area contributed by atoms with Crippen molar-refractivity contribution >= 4 is 50.2 Å². The van der Waals surface area contributed by atoms with Gasteiger partial charge in [-0.25, -0.2) is 9.37 Å². The summed E-state index contributed by atoms with van der Waals surface area (Å²) in [5.41, 5.74) is 0.448. The summed E-state index contributed by atoms with van der Waals surface area (Å²) in [5, 5.41) is 2.87. The van der Waals surface area contributed by atoms with E-state index in [2.05, 4.69) is 26.2 Å². The van der Waals surface area contributed by atoms with Gasteiger partial charge < -0.3 is 10.1 Å². The van der Waals surface area contributed by atoms with Crippen molar-refractivity contribution in [1.29, 1.82) is 0 Å². The molecule has 2 atom stereocenters. The van der Waals surface area contributed by atoms with Crippen molar-refractivity contribution in [2.24, 2.45) is 0 Å². The highest BCUT2D eigenvalue weighted by Crippen LogP contribution is 2.27. The fraction of sp³-hybridized carbons (Fsp3) is 0.286. The van der Waals surface area contributed by atoms with Gasteiger partial charge in [-0.1, -0.05) is 39.8 Å². The molecule has 3 aromatic rings. The smallest absolute Gasteiger partial charge is 0.262 e. The molecule has 0 fully saturated rings. The molecule has 1 heterocycles. The third-order valence-corrected chi connectivity index (χ3v) is 6.02. The molecule has 3 rings (SSSR count). The molecule has 1 aromatic heterocycles. The molecule has 0 aliphatic carbocycles. The highest BCUT2D eigenvalue weighted by atomic mass is 79.9. The number of ether oxygens (including phenoxy) is 1. The number of benzene rings is 2. The molecule has 0 spiro atoms. The van der Waals surface area contributed by atoms with E-state index in [1.54, 1.807) is 48.9 Å². The third-order valence-electron chi connectivity index (χ3n) is 4.46. The van der Waals surface area contributed by atoms with E-state index in [-0.39, 0.29) is 17.3 Å². The molecule has 0 bridgehead atoms. The van der Waals surface area contributed by atoms with Crippen molar-refractivity contribution < 1.29 is 13.9 Å². The number of amides is 1. The first-order valence-electron chi connectivity index (χ1n) is 9.24. The van der Waals surface area contributed by atoms with Crippen molar-refractivity contribution in [3.63, 3.8) is 0 Å². The number of hydrogen-bond acceptors (Lipinski definition) is 5. The number of para-hydroxylation sites is 1. The minimum atomic E-state index is -0.623. The van der Waals surface area contributed by atoms with Crippen LogP contribution in [0.3, 0.4) is 0 Å². The number of nitrogens with zero attached hydrogens (tertiary/aromatic N) is 2. The highest BCUT2D eigenvalue weighted by molar-refractivity contribution is 9.10. The van der Waals surface area contributed by atoms with Gasteiger partial charge in [-0.2, -0.15) is 0 Å². The lowest BCUT2D eigenvalue weighted by Crippen LogP contribution is -2.30. The Morgan fingerprint density at radius 1 is 1.30 bits per heavy atom. The number of nitrogens with one attached hydrogen (secondary N) is 1. The largest absolute Gasteiger partial charge is 0.383 e. The van der Waals surface area contributed by atoms with Crippen LogP contribution in [0.25, 0.3) is 10.9 Å². The van der Waals surface area contributed by atoms with E-state index in [1.165, 1.54) is 12.1 Å². The molecular formula is C21H21BrFN3O3S. The van der Waals surface area contributed by atoms with Crippen LogP contribution < -0.4 is 10.9 Å². The van der Waals surface area contributed by atoms with Crippen LogP contribution in [0, 0.1) is 5.82 Å². The van der Waals surface area contributed by atoms with Gasteiger partial charge in [0, 0.05) is 11.6 Å². The number of halogens is 2. The van der Waals surface area contributed by atoms with E-state index in [1.807, 2.05) is 6.92 Å². The van der Waals surface area contributed by atoms with E-state index >= 15 is 0 Å². The average molecular weight is 494 g/mol. The van der Waals surface area contributed by atoms with E-state index in [0.717, 1.165) is 11.8 Å². The molecule has 158 valence electrons. The van der Waals surface area contributed by atoms with Gasteiger partial charge in [-0.3, -0.25) is 14.2 Å². The van der Waals surface area contributed by atoms with Gasteiger partial charge in [0.2, 0.25) is 5.91 Å². The Kier molecular flexibility index (Phi) is 7.27. The first-order valence-corrected chi connectivity index (χ1v) is 10.9. The van der Waals surface area contributed by atoms with Gasteiger partial charge in [0.25, 0.3) is 5.56 Å². The molecule has 30 heavy (non-hydrogen) atoms. The number of carbonyl (C=O) groups is 1. The zero-order valence-corrected chi connectivity index (χ0v) is 19.1. The van der Waals surface area contributed by atoms with Gasteiger partial charge in [0.05, 0.1) is 34.5 Å². The zero-order chi connectivity index (χ0) is 21.8. The van der Waals surface area contributed by atoms with Crippen LogP contribution in [0.15, 0.2) is 56.9 Å². The number of carbonyl (C=O) groups excluding carboxylic acids is 1. The molecule has 1 N–H and O–H groups in total. The maximum Gasteiger partial charge on any atom is 0.262 e. The van der Waals surface area contributed by atoms with Crippen LogP contribution in [0.4, 0.5) is 10.1 Å². The summed E-state index contributed by atoms with van der Waals surface area (Å²) in [7, 11) is 1.56. The molecule has 1 amide bonds. The second-order valence-electron chi connectivity index (χ2n) is 6.76. The Morgan fingerprint density at radius 2 is 2.03 bits per heavy atom. The Bertz CT molecular complexity index is 1140. The Labute approximate surface area is 186 Å². The fourth-order valence-corrected chi connectivity index (χ4v) is 4.29. The van der Waals surface area contributed by atoms with E-state index in [9.17, 15) is 14.0 Å². The van der Waals surface area contributed by atoms with E-state index < -0.39 is 17.0 Å². The van der Waals surface area contributed by atoms with Gasteiger partial charge in [0.1, 0.15) is 5.82 Å². The minimum absolute atomic E-state index is 0.0901. The quantitative estimate of drug-likeness (QED) is 0.383. The van der Waals surface area contributed by atoms with Gasteiger partial charge >= 0.3 is 0 Å². The fourth-order valence-electron chi connectivity index (χ4n) is 2.95. The molecule has 6 nitrogen and oxygen atoms in total. The number of aromatic nitrogens is 2. The zero-order valence-electron chi connectivity index (χ0n) is 16.7. The second kappa shape index (κ2) is 9.72. The van der Waals surface area contributed by atoms with Crippen LogP contribution in [0.1, 0.15) is 19.9 Å². The summed E-state index contributed by atoms with van der Waals surface area (Å²) < 4.78 is 21.4. The van der Waals surface area contributed by atoms with E-state index in [4.69, 9.17) is 4.74 Å². The predicted molar refractivity (Wildman–Crippen MR) is 121 cm³/mol. The molecule has 0 aliphatic heterocycles. The molecule has 0 unspecified atom stereocenters. The standard InChI is InChI=1S/C21H21BrFN3O3S/c1-12(11-29-3)26-20(28)15-6-4-5-7-17(15)25-21(26)30-13(2)19(27)24-18-9-8-14(22)10-16(18)23/h4-10,12-13H,11H2,1-3H3,(H,24,27)/t12-,13-/m1/s1. The summed E-state index contributed by atoms with van der Waals surface area (Å²) in [5.74, 6) is -0.932. The van der Waals surface area contributed by atoms with Crippen molar-refractivity contribution in [1.82, 2.24) is 9.55 Å². The number of rotatable bonds is 7. The number of hydrogen-bond donors (Lipinski definition) is 1. The molecule has 0 radical (unpaired) electrons. The molecule has 0 saturated carbocycles. The third kappa shape index (κ3) is 4.91. The Balaban J connectivity index is 1.92. The summed E-state index contributed by atoms with van der Waals surface area (Å²) in [6.07, 6.45) is 0. The predicted octanol–water partition coefficient (Wildman–Crippen LogP) is 4.62. The number of methoxy groups -OCH3 is 1. The lowest BCUT2D eigenvalue weighted by Gasteiger charge is -2.20. The topological polar surface area (TPSA) is 73.2 Å². The number of thioether (sulfide) groups is 1. The van der Waals surface area contributed by atoms with Crippen LogP contribution in [-0.2, 0) is 9.53 Å². The maximum atomic E-state index is 14.1. The molecular weight excluding hydrogens is 473 g/mol. The first-order chi connectivity index (χ1) is 14.3. The lowest BCUT2D eigenvalue weighted by atomic mass is 10.2. The summed E-state index contributed by atoms with van der Waals surface area (Å²) in [4.78, 5) is 30.4. The molecule has 2 aromatic carbocycles.